The first-order valence-corrected chi connectivity index (χ1v) is 6.94. The molecule has 0 saturated carbocycles. The van der Waals surface area contributed by atoms with Gasteiger partial charge in [-0.1, -0.05) is 18.2 Å². The molecule has 21 heavy (non-hydrogen) atoms. The maximum atomic E-state index is 12.2. The molecule has 0 aliphatic carbocycles. The zero-order valence-electron chi connectivity index (χ0n) is 12.0. The zero-order chi connectivity index (χ0) is 15.2. The van der Waals surface area contributed by atoms with Gasteiger partial charge in [-0.3, -0.25) is 4.79 Å². The minimum absolute atomic E-state index is 0.0440. The van der Waals surface area contributed by atoms with Gasteiger partial charge in [-0.2, -0.15) is 0 Å². The van der Waals surface area contributed by atoms with Crippen molar-refractivity contribution >= 4 is 17.7 Å². The van der Waals surface area contributed by atoms with Crippen LogP contribution in [0.15, 0.2) is 24.3 Å². The van der Waals surface area contributed by atoms with Crippen LogP contribution in [0.5, 0.6) is 0 Å². The lowest BCUT2D eigenvalue weighted by molar-refractivity contribution is -0.138. The van der Waals surface area contributed by atoms with E-state index in [1.807, 2.05) is 24.3 Å². The summed E-state index contributed by atoms with van der Waals surface area (Å²) in [7, 11) is 1.61. The van der Waals surface area contributed by atoms with Crippen LogP contribution in [0.25, 0.3) is 0 Å². The number of ether oxygens (including phenoxy) is 1. The molecule has 6 heteroatoms. The number of rotatable bonds is 5. The van der Waals surface area contributed by atoms with E-state index in [2.05, 4.69) is 5.32 Å². The number of benzene rings is 1. The van der Waals surface area contributed by atoms with Crippen molar-refractivity contribution in [3.05, 3.63) is 29.8 Å². The number of urea groups is 1. The number of carbonyl (C=O) groups is 2. The highest BCUT2D eigenvalue weighted by atomic mass is 16.5. The summed E-state index contributed by atoms with van der Waals surface area (Å²) >= 11 is 0. The highest BCUT2D eigenvalue weighted by molar-refractivity contribution is 5.90. The SMILES string of the molecule is COCc1ccccc1NC(=O)N1CCC(CC(=O)O)C1. The van der Waals surface area contributed by atoms with E-state index in [1.54, 1.807) is 12.0 Å². The van der Waals surface area contributed by atoms with E-state index in [-0.39, 0.29) is 18.4 Å². The van der Waals surface area contributed by atoms with Crippen LogP contribution in [-0.4, -0.2) is 42.2 Å². The molecule has 2 N–H and O–H groups in total. The van der Waals surface area contributed by atoms with Crippen molar-refractivity contribution in [3.63, 3.8) is 0 Å². The van der Waals surface area contributed by atoms with Crippen LogP contribution in [0.4, 0.5) is 10.5 Å². The fraction of sp³-hybridized carbons (Fsp3) is 0.467. The molecule has 0 radical (unpaired) electrons. The first-order valence-electron chi connectivity index (χ1n) is 6.94. The molecule has 1 atom stereocenters. The largest absolute Gasteiger partial charge is 0.481 e. The summed E-state index contributed by atoms with van der Waals surface area (Å²) in [5.74, 6) is -0.768. The molecule has 0 bridgehead atoms. The molecule has 114 valence electrons. The molecule has 2 rings (SSSR count). The molecule has 6 nitrogen and oxygen atoms in total. The molecule has 2 amide bonds. The Labute approximate surface area is 123 Å². The summed E-state index contributed by atoms with van der Waals surface area (Å²) in [6.45, 7) is 1.51. The maximum absolute atomic E-state index is 12.2. The van der Waals surface area contributed by atoms with Gasteiger partial charge < -0.3 is 20.1 Å². The smallest absolute Gasteiger partial charge is 0.321 e. The highest BCUT2D eigenvalue weighted by Gasteiger charge is 2.27. The van der Waals surface area contributed by atoms with Crippen LogP contribution in [0.2, 0.25) is 0 Å². The fourth-order valence-electron chi connectivity index (χ4n) is 2.55. The van der Waals surface area contributed by atoms with Gasteiger partial charge in [0.05, 0.1) is 6.61 Å². The van der Waals surface area contributed by atoms with Crippen LogP contribution >= 0.6 is 0 Å². The van der Waals surface area contributed by atoms with E-state index in [4.69, 9.17) is 9.84 Å². The van der Waals surface area contributed by atoms with Gasteiger partial charge in [0.25, 0.3) is 0 Å². The second kappa shape index (κ2) is 7.08. The van der Waals surface area contributed by atoms with E-state index >= 15 is 0 Å². The van der Waals surface area contributed by atoms with Crippen LogP contribution in [-0.2, 0) is 16.1 Å². The summed E-state index contributed by atoms with van der Waals surface area (Å²) in [6.07, 6.45) is 0.851. The quantitative estimate of drug-likeness (QED) is 0.871. The Bertz CT molecular complexity index is 518. The average molecular weight is 292 g/mol. The minimum Gasteiger partial charge on any atom is -0.481 e. The van der Waals surface area contributed by atoms with E-state index in [9.17, 15) is 9.59 Å². The number of para-hydroxylation sites is 1. The van der Waals surface area contributed by atoms with Crippen molar-refractivity contribution in [1.82, 2.24) is 4.90 Å². The second-order valence-corrected chi connectivity index (χ2v) is 5.22. The van der Waals surface area contributed by atoms with Crippen molar-refractivity contribution in [2.24, 2.45) is 5.92 Å². The lowest BCUT2D eigenvalue weighted by Crippen LogP contribution is -2.33. The van der Waals surface area contributed by atoms with Crippen LogP contribution in [0.1, 0.15) is 18.4 Å². The van der Waals surface area contributed by atoms with E-state index < -0.39 is 5.97 Å². The average Bonchev–Trinajstić information content (AvgIpc) is 2.89. The van der Waals surface area contributed by atoms with Gasteiger partial charge in [-0.25, -0.2) is 4.79 Å². The van der Waals surface area contributed by atoms with Crippen LogP contribution < -0.4 is 5.32 Å². The van der Waals surface area contributed by atoms with E-state index in [0.29, 0.717) is 19.7 Å². The molecule has 0 aromatic heterocycles. The number of nitrogens with one attached hydrogen (secondary N) is 1. The number of hydrogen-bond donors (Lipinski definition) is 2. The summed E-state index contributed by atoms with van der Waals surface area (Å²) in [6, 6.07) is 7.29. The van der Waals surface area contributed by atoms with Crippen molar-refractivity contribution in [2.45, 2.75) is 19.4 Å². The Kier molecular flexibility index (Phi) is 5.16. The number of methoxy groups -OCH3 is 1. The maximum Gasteiger partial charge on any atom is 0.321 e. The second-order valence-electron chi connectivity index (χ2n) is 5.22. The molecule has 0 spiro atoms. The van der Waals surface area contributed by atoms with Gasteiger partial charge >= 0.3 is 12.0 Å². The molecule has 1 fully saturated rings. The number of hydrogen-bond acceptors (Lipinski definition) is 3. The van der Waals surface area contributed by atoms with Gasteiger partial charge in [-0.15, -0.1) is 0 Å². The molecule has 1 aliphatic rings. The first-order chi connectivity index (χ1) is 10.1. The van der Waals surface area contributed by atoms with Crippen LogP contribution in [0.3, 0.4) is 0 Å². The minimum atomic E-state index is -0.812. The molecule has 1 saturated heterocycles. The predicted molar refractivity (Wildman–Crippen MR) is 78.1 cm³/mol. The molecule has 1 aromatic rings. The lowest BCUT2D eigenvalue weighted by atomic mass is 10.1. The third-order valence-corrected chi connectivity index (χ3v) is 3.60. The van der Waals surface area contributed by atoms with Crippen molar-refractivity contribution < 1.29 is 19.4 Å². The third kappa shape index (κ3) is 4.19. The standard InChI is InChI=1S/C15H20N2O4/c1-21-10-12-4-2-3-5-13(12)16-15(20)17-7-6-11(9-17)8-14(18)19/h2-5,11H,6-10H2,1H3,(H,16,20)(H,18,19). The molecule has 1 heterocycles. The Morgan fingerprint density at radius 3 is 2.90 bits per heavy atom. The summed E-state index contributed by atoms with van der Waals surface area (Å²) in [4.78, 5) is 24.6. The van der Waals surface area contributed by atoms with E-state index in [1.165, 1.54) is 0 Å². The van der Waals surface area contributed by atoms with Gasteiger partial charge in [0, 0.05) is 37.9 Å². The number of likely N-dealkylation sites (tertiary alicyclic amines) is 1. The number of aliphatic carboxylic acids is 1. The molecular formula is C15H20N2O4. The Morgan fingerprint density at radius 2 is 2.19 bits per heavy atom. The molecule has 1 unspecified atom stereocenters. The van der Waals surface area contributed by atoms with Crippen LogP contribution in [0, 0.1) is 5.92 Å². The topological polar surface area (TPSA) is 78.9 Å². The van der Waals surface area contributed by atoms with Crippen molar-refractivity contribution in [2.75, 3.05) is 25.5 Å². The molecular weight excluding hydrogens is 272 g/mol. The summed E-state index contributed by atoms with van der Waals surface area (Å²) in [5, 5.41) is 11.7. The Balaban J connectivity index is 1.95. The third-order valence-electron chi connectivity index (χ3n) is 3.60. The summed E-state index contributed by atoms with van der Waals surface area (Å²) in [5.41, 5.74) is 1.64. The van der Waals surface area contributed by atoms with Gasteiger partial charge in [0.1, 0.15) is 0 Å². The summed E-state index contributed by atoms with van der Waals surface area (Å²) < 4.78 is 5.11. The molecule has 1 aromatic carbocycles. The first kappa shape index (κ1) is 15.3. The van der Waals surface area contributed by atoms with E-state index in [0.717, 1.165) is 17.7 Å². The predicted octanol–water partition coefficient (Wildman–Crippen LogP) is 2.16. The fourth-order valence-corrected chi connectivity index (χ4v) is 2.55. The monoisotopic (exact) mass is 292 g/mol. The van der Waals surface area contributed by atoms with Crippen molar-refractivity contribution in [1.29, 1.82) is 0 Å². The lowest BCUT2D eigenvalue weighted by Gasteiger charge is -2.18. The normalized spacial score (nSPS) is 17.8. The highest BCUT2D eigenvalue weighted by Crippen LogP contribution is 2.22. The number of carbonyl (C=O) groups excluding carboxylic acids is 1. The van der Waals surface area contributed by atoms with Crippen molar-refractivity contribution in [3.8, 4) is 0 Å². The van der Waals surface area contributed by atoms with Gasteiger partial charge in [-0.05, 0) is 18.4 Å². The Hall–Kier alpha value is -2.08. The van der Waals surface area contributed by atoms with Gasteiger partial charge in [0.2, 0.25) is 0 Å². The molecule has 1 aliphatic heterocycles. The number of amides is 2. The zero-order valence-corrected chi connectivity index (χ0v) is 12.0. The van der Waals surface area contributed by atoms with Gasteiger partial charge in [0.15, 0.2) is 0 Å². The number of nitrogens with zero attached hydrogens (tertiary/aromatic N) is 1. The Morgan fingerprint density at radius 1 is 1.43 bits per heavy atom. The number of anilines is 1. The number of carboxylic acid groups (broad SMARTS) is 1. The number of carboxylic acids is 1.